The van der Waals surface area contributed by atoms with Gasteiger partial charge in [0.15, 0.2) is 11.6 Å². The van der Waals surface area contributed by atoms with E-state index in [1.54, 1.807) is 20.8 Å². The Hall–Kier alpha value is -2.18. The lowest BCUT2D eigenvalue weighted by Crippen LogP contribution is -2.47. The summed E-state index contributed by atoms with van der Waals surface area (Å²) in [5.41, 5.74) is -1.12. The van der Waals surface area contributed by atoms with Crippen molar-refractivity contribution in [3.63, 3.8) is 0 Å². The first-order chi connectivity index (χ1) is 10.2. The van der Waals surface area contributed by atoms with E-state index >= 15 is 0 Å². The van der Waals surface area contributed by atoms with Crippen LogP contribution in [0, 0.1) is 11.6 Å². The fraction of sp³-hybridized carbons (Fsp3) is 0.467. The zero-order chi connectivity index (χ0) is 16.5. The maximum absolute atomic E-state index is 13.7. The van der Waals surface area contributed by atoms with Crippen molar-refractivity contribution in [3.8, 4) is 0 Å². The zero-order valence-electron chi connectivity index (χ0n) is 12.7. The Morgan fingerprint density at radius 1 is 1.14 bits per heavy atom. The Morgan fingerprint density at radius 3 is 2.41 bits per heavy atom. The second-order valence-electron chi connectivity index (χ2n) is 5.99. The van der Waals surface area contributed by atoms with Gasteiger partial charge in [-0.25, -0.2) is 23.6 Å². The van der Waals surface area contributed by atoms with Crippen LogP contribution < -0.4 is 0 Å². The molecule has 0 atom stereocenters. The van der Waals surface area contributed by atoms with E-state index in [1.165, 1.54) is 12.1 Å². The molecule has 22 heavy (non-hydrogen) atoms. The number of rotatable bonds is 1. The lowest BCUT2D eigenvalue weighted by molar-refractivity contribution is -0.0195. The van der Waals surface area contributed by atoms with E-state index in [4.69, 9.17) is 4.74 Å². The minimum atomic E-state index is -1.22. The van der Waals surface area contributed by atoms with Gasteiger partial charge in [0.05, 0.1) is 5.56 Å². The van der Waals surface area contributed by atoms with Gasteiger partial charge < -0.3 is 4.74 Å². The van der Waals surface area contributed by atoms with Gasteiger partial charge in [0.1, 0.15) is 5.60 Å². The van der Waals surface area contributed by atoms with Crippen LogP contribution in [0.2, 0.25) is 0 Å². The van der Waals surface area contributed by atoms with Crippen molar-refractivity contribution in [3.05, 3.63) is 35.4 Å². The number of halogens is 2. The monoisotopic (exact) mass is 312 g/mol. The van der Waals surface area contributed by atoms with Crippen LogP contribution in [0.5, 0.6) is 0 Å². The van der Waals surface area contributed by atoms with E-state index in [2.05, 4.69) is 0 Å². The van der Waals surface area contributed by atoms with Gasteiger partial charge in [-0.05, 0) is 39.3 Å². The summed E-state index contributed by atoms with van der Waals surface area (Å²) in [6, 6.07) is 3.37. The molecule has 1 fully saturated rings. The summed E-state index contributed by atoms with van der Waals surface area (Å²) in [6.07, 6.45) is -0.141. The molecule has 5 nitrogen and oxygen atoms in total. The number of carbonyl (C=O) groups excluding carboxylic acids is 2. The Morgan fingerprint density at radius 2 is 1.77 bits per heavy atom. The Bertz CT molecular complexity index is 599. The topological polar surface area (TPSA) is 49.9 Å². The van der Waals surface area contributed by atoms with E-state index in [-0.39, 0.29) is 13.1 Å². The number of hydrogen-bond acceptors (Lipinski definition) is 3. The highest BCUT2D eigenvalue weighted by atomic mass is 19.2. The third-order valence-corrected chi connectivity index (χ3v) is 3.05. The standard InChI is InChI=1S/C15H18F2N2O3/c1-15(2,3)22-14(21)19-9-5-8-18(19)13(20)10-6-4-7-11(16)12(10)17/h4,6-7H,5,8-9H2,1-3H3. The van der Waals surface area contributed by atoms with Gasteiger partial charge in [0.2, 0.25) is 0 Å². The van der Waals surface area contributed by atoms with E-state index in [9.17, 15) is 18.4 Å². The van der Waals surface area contributed by atoms with Gasteiger partial charge in [-0.15, -0.1) is 0 Å². The fourth-order valence-electron chi connectivity index (χ4n) is 2.14. The molecule has 0 radical (unpaired) electrons. The third-order valence-electron chi connectivity index (χ3n) is 3.05. The van der Waals surface area contributed by atoms with Crippen LogP contribution in [-0.2, 0) is 4.74 Å². The number of nitrogens with zero attached hydrogens (tertiary/aromatic N) is 2. The molecule has 2 amide bonds. The first kappa shape index (κ1) is 16.2. The first-order valence-electron chi connectivity index (χ1n) is 6.97. The summed E-state index contributed by atoms with van der Waals surface area (Å²) in [5, 5.41) is 2.21. The first-order valence-corrected chi connectivity index (χ1v) is 6.97. The molecule has 1 aromatic rings. The van der Waals surface area contributed by atoms with Crippen LogP contribution in [0.1, 0.15) is 37.6 Å². The molecule has 1 aliphatic rings. The van der Waals surface area contributed by atoms with E-state index in [0.717, 1.165) is 16.1 Å². The van der Waals surface area contributed by atoms with Crippen molar-refractivity contribution in [1.82, 2.24) is 10.0 Å². The SMILES string of the molecule is CC(C)(C)OC(=O)N1CCCN1C(=O)c1cccc(F)c1F. The molecule has 0 aliphatic carbocycles. The molecule has 0 saturated carbocycles. The maximum Gasteiger partial charge on any atom is 0.429 e. The normalized spacial score (nSPS) is 15.1. The molecule has 2 rings (SSSR count). The molecular formula is C15H18F2N2O3. The molecule has 0 spiro atoms. The molecule has 1 aliphatic heterocycles. The molecule has 1 heterocycles. The predicted octanol–water partition coefficient (Wildman–Crippen LogP) is 2.96. The second-order valence-corrected chi connectivity index (χ2v) is 5.99. The molecule has 0 bridgehead atoms. The average molecular weight is 312 g/mol. The predicted molar refractivity (Wildman–Crippen MR) is 75.0 cm³/mol. The summed E-state index contributed by atoms with van der Waals surface area (Å²) >= 11 is 0. The highest BCUT2D eigenvalue weighted by Gasteiger charge is 2.35. The molecule has 1 saturated heterocycles. The van der Waals surface area contributed by atoms with Crippen molar-refractivity contribution >= 4 is 12.0 Å². The second kappa shape index (κ2) is 5.90. The van der Waals surface area contributed by atoms with Crippen molar-refractivity contribution in [2.75, 3.05) is 13.1 Å². The minimum absolute atomic E-state index is 0.244. The van der Waals surface area contributed by atoms with Crippen LogP contribution >= 0.6 is 0 Å². The highest BCUT2D eigenvalue weighted by molar-refractivity contribution is 5.95. The van der Waals surface area contributed by atoms with Crippen LogP contribution in [0.15, 0.2) is 18.2 Å². The van der Waals surface area contributed by atoms with Gasteiger partial charge in [-0.3, -0.25) is 4.79 Å². The lowest BCUT2D eigenvalue weighted by Gasteiger charge is -2.30. The Labute approximate surface area is 127 Å². The van der Waals surface area contributed by atoms with Gasteiger partial charge >= 0.3 is 6.09 Å². The van der Waals surface area contributed by atoms with E-state index < -0.39 is 34.8 Å². The van der Waals surface area contributed by atoms with E-state index in [1.807, 2.05) is 0 Å². The fourth-order valence-corrected chi connectivity index (χ4v) is 2.14. The third kappa shape index (κ3) is 3.35. The quantitative estimate of drug-likeness (QED) is 0.801. The Balaban J connectivity index is 2.22. The van der Waals surface area contributed by atoms with Crippen LogP contribution in [0.4, 0.5) is 13.6 Å². The van der Waals surface area contributed by atoms with Crippen molar-refractivity contribution in [2.45, 2.75) is 32.8 Å². The molecule has 1 aromatic carbocycles. The lowest BCUT2D eigenvalue weighted by atomic mass is 10.2. The summed E-state index contributed by atoms with van der Waals surface area (Å²) in [7, 11) is 0. The molecule has 7 heteroatoms. The smallest absolute Gasteiger partial charge is 0.429 e. The number of hydrogen-bond donors (Lipinski definition) is 0. The number of amides is 2. The van der Waals surface area contributed by atoms with Gasteiger partial charge in [-0.1, -0.05) is 6.07 Å². The van der Waals surface area contributed by atoms with Gasteiger partial charge in [0.25, 0.3) is 5.91 Å². The largest absolute Gasteiger partial charge is 0.442 e. The van der Waals surface area contributed by atoms with Gasteiger partial charge in [-0.2, -0.15) is 0 Å². The summed E-state index contributed by atoms with van der Waals surface area (Å²) in [6.45, 7) is 5.66. The number of carbonyl (C=O) groups is 2. The Kier molecular flexibility index (Phi) is 4.35. The molecule has 0 unspecified atom stereocenters. The van der Waals surface area contributed by atoms with Crippen LogP contribution in [0.25, 0.3) is 0 Å². The summed E-state index contributed by atoms with van der Waals surface area (Å²) < 4.78 is 32.2. The van der Waals surface area contributed by atoms with Crippen molar-refractivity contribution in [2.24, 2.45) is 0 Å². The number of benzene rings is 1. The highest BCUT2D eigenvalue weighted by Crippen LogP contribution is 2.21. The summed E-state index contributed by atoms with van der Waals surface area (Å²) in [5.74, 6) is -3.09. The number of hydrazine groups is 1. The maximum atomic E-state index is 13.7. The van der Waals surface area contributed by atoms with Crippen molar-refractivity contribution in [1.29, 1.82) is 0 Å². The zero-order valence-corrected chi connectivity index (χ0v) is 12.7. The van der Waals surface area contributed by atoms with Crippen LogP contribution in [-0.4, -0.2) is 40.7 Å². The van der Waals surface area contributed by atoms with Crippen LogP contribution in [0.3, 0.4) is 0 Å². The molecule has 120 valence electrons. The summed E-state index contributed by atoms with van der Waals surface area (Å²) in [4.78, 5) is 24.5. The minimum Gasteiger partial charge on any atom is -0.442 e. The van der Waals surface area contributed by atoms with Gasteiger partial charge in [0, 0.05) is 13.1 Å². The molecule has 0 aromatic heterocycles. The van der Waals surface area contributed by atoms with Crippen molar-refractivity contribution < 1.29 is 23.1 Å². The molecular weight excluding hydrogens is 294 g/mol. The molecule has 0 N–H and O–H groups in total. The average Bonchev–Trinajstić information content (AvgIpc) is 2.88. The number of ether oxygens (including phenoxy) is 1. The van der Waals surface area contributed by atoms with E-state index in [0.29, 0.717) is 6.42 Å².